The molecular weight excluding hydrogens is 204 g/mol. The van der Waals surface area contributed by atoms with Crippen molar-refractivity contribution in [3.05, 3.63) is 17.5 Å². The predicted molar refractivity (Wildman–Crippen MR) is 60.2 cm³/mol. The van der Waals surface area contributed by atoms with Gasteiger partial charge in [-0.25, -0.2) is 0 Å². The molecule has 1 N–H and O–H groups in total. The molecule has 1 fully saturated rings. The third-order valence-electron chi connectivity index (χ3n) is 3.28. The van der Waals surface area contributed by atoms with Gasteiger partial charge >= 0.3 is 0 Å². The van der Waals surface area contributed by atoms with E-state index in [1.165, 1.54) is 5.69 Å². The van der Waals surface area contributed by atoms with E-state index in [-0.39, 0.29) is 6.10 Å². The fourth-order valence-corrected chi connectivity index (χ4v) is 2.28. The summed E-state index contributed by atoms with van der Waals surface area (Å²) in [4.78, 5) is 10.3. The molecular formula is C12H18N2O2. The van der Waals surface area contributed by atoms with E-state index < -0.39 is 0 Å². The van der Waals surface area contributed by atoms with Crippen LogP contribution >= 0.6 is 0 Å². The van der Waals surface area contributed by atoms with E-state index in [0.717, 1.165) is 25.0 Å². The van der Waals surface area contributed by atoms with Crippen molar-refractivity contribution in [1.29, 1.82) is 0 Å². The molecule has 0 saturated heterocycles. The summed E-state index contributed by atoms with van der Waals surface area (Å²) >= 11 is 0. The van der Waals surface area contributed by atoms with Crippen molar-refractivity contribution in [1.82, 2.24) is 10.2 Å². The molecule has 0 bridgehead atoms. The smallest absolute Gasteiger partial charge is 0.293 e. The van der Waals surface area contributed by atoms with Crippen LogP contribution in [0.4, 0.5) is 0 Å². The molecule has 0 amide bonds. The molecule has 1 heterocycles. The molecule has 2 atom stereocenters. The van der Waals surface area contributed by atoms with Crippen LogP contribution in [0.25, 0.3) is 0 Å². The van der Waals surface area contributed by atoms with Crippen LogP contribution in [0.5, 0.6) is 0 Å². The Morgan fingerprint density at radius 2 is 2.38 bits per heavy atom. The minimum Gasteiger partial charge on any atom is -0.465 e. The summed E-state index contributed by atoms with van der Waals surface area (Å²) in [5.41, 5.74) is 2.29. The molecule has 1 aliphatic carbocycles. The van der Waals surface area contributed by atoms with Gasteiger partial charge in [0.15, 0.2) is 0 Å². The van der Waals surface area contributed by atoms with Gasteiger partial charge in [-0.15, -0.1) is 0 Å². The van der Waals surface area contributed by atoms with Crippen LogP contribution < -0.4 is 0 Å². The first kappa shape index (κ1) is 11.2. The quantitative estimate of drug-likeness (QED) is 0.795. The van der Waals surface area contributed by atoms with E-state index in [2.05, 4.69) is 30.1 Å². The van der Waals surface area contributed by atoms with Gasteiger partial charge in [-0.2, -0.15) is 5.10 Å². The van der Waals surface area contributed by atoms with Crippen LogP contribution in [0.1, 0.15) is 56.3 Å². The van der Waals surface area contributed by atoms with Gasteiger partial charge in [0, 0.05) is 11.6 Å². The van der Waals surface area contributed by atoms with Gasteiger partial charge < -0.3 is 4.74 Å². The van der Waals surface area contributed by atoms with Crippen LogP contribution in [0, 0.1) is 0 Å². The molecule has 1 aliphatic rings. The number of nitrogens with zero attached hydrogens (tertiary/aromatic N) is 1. The Morgan fingerprint density at radius 3 is 3.00 bits per heavy atom. The average Bonchev–Trinajstić information content (AvgIpc) is 2.84. The third kappa shape index (κ3) is 2.26. The normalized spacial score (nSPS) is 24.9. The number of nitrogens with one attached hydrogen (secondary N) is 1. The summed E-state index contributed by atoms with van der Waals surface area (Å²) < 4.78 is 4.99. The molecule has 1 saturated carbocycles. The monoisotopic (exact) mass is 222 g/mol. The van der Waals surface area contributed by atoms with E-state index in [4.69, 9.17) is 4.74 Å². The highest BCUT2D eigenvalue weighted by Crippen LogP contribution is 2.35. The summed E-state index contributed by atoms with van der Waals surface area (Å²) in [6, 6.07) is 2.14. The predicted octanol–water partition coefficient (Wildman–Crippen LogP) is 2.34. The topological polar surface area (TPSA) is 55.0 Å². The number of H-pyrrole nitrogens is 1. The van der Waals surface area contributed by atoms with Crippen molar-refractivity contribution in [2.45, 2.75) is 51.0 Å². The molecule has 16 heavy (non-hydrogen) atoms. The average molecular weight is 222 g/mol. The second-order valence-corrected chi connectivity index (χ2v) is 4.77. The lowest BCUT2D eigenvalue weighted by Crippen LogP contribution is -2.06. The fraction of sp³-hybridized carbons (Fsp3) is 0.667. The molecule has 0 radical (unpaired) electrons. The highest BCUT2D eigenvalue weighted by Gasteiger charge is 2.28. The van der Waals surface area contributed by atoms with Gasteiger partial charge in [-0.1, -0.05) is 13.8 Å². The van der Waals surface area contributed by atoms with E-state index in [1.54, 1.807) is 0 Å². The van der Waals surface area contributed by atoms with Gasteiger partial charge in [0.05, 0.1) is 5.69 Å². The number of carbonyl (C=O) groups excluding carboxylic acids is 1. The SMILES string of the molecule is CC(C)c1cc(C2CCC(OC=O)C2)[nH]n1. The fourth-order valence-electron chi connectivity index (χ4n) is 2.28. The van der Waals surface area contributed by atoms with E-state index >= 15 is 0 Å². The van der Waals surface area contributed by atoms with Crippen molar-refractivity contribution >= 4 is 6.47 Å². The summed E-state index contributed by atoms with van der Waals surface area (Å²) in [5.74, 6) is 0.915. The lowest BCUT2D eigenvalue weighted by atomic mass is 10.0. The molecule has 1 aromatic heterocycles. The number of rotatable bonds is 4. The highest BCUT2D eigenvalue weighted by molar-refractivity contribution is 5.37. The molecule has 2 unspecified atom stereocenters. The summed E-state index contributed by atoms with van der Waals surface area (Å²) in [6.07, 6.45) is 3.03. The molecule has 4 heteroatoms. The zero-order chi connectivity index (χ0) is 11.5. The summed E-state index contributed by atoms with van der Waals surface area (Å²) in [7, 11) is 0. The van der Waals surface area contributed by atoms with E-state index in [1.807, 2.05) is 0 Å². The van der Waals surface area contributed by atoms with Gasteiger partial charge in [0.25, 0.3) is 6.47 Å². The zero-order valence-electron chi connectivity index (χ0n) is 9.77. The van der Waals surface area contributed by atoms with Crippen LogP contribution in [0.15, 0.2) is 6.07 Å². The number of aromatic nitrogens is 2. The Balaban J connectivity index is 2.00. The number of hydrogen-bond donors (Lipinski definition) is 1. The third-order valence-corrected chi connectivity index (χ3v) is 3.28. The Morgan fingerprint density at radius 1 is 1.56 bits per heavy atom. The lowest BCUT2D eigenvalue weighted by molar-refractivity contribution is -0.133. The maximum Gasteiger partial charge on any atom is 0.293 e. The Labute approximate surface area is 95.4 Å². The first-order chi connectivity index (χ1) is 7.70. The van der Waals surface area contributed by atoms with Gasteiger partial charge in [-0.3, -0.25) is 9.89 Å². The minimum atomic E-state index is 0.0910. The second kappa shape index (κ2) is 4.68. The Bertz CT molecular complexity index is 360. The van der Waals surface area contributed by atoms with Crippen molar-refractivity contribution in [3.8, 4) is 0 Å². The Kier molecular flexibility index (Phi) is 3.27. The zero-order valence-corrected chi connectivity index (χ0v) is 9.77. The highest BCUT2D eigenvalue weighted by atomic mass is 16.5. The van der Waals surface area contributed by atoms with Gasteiger partial charge in [-0.05, 0) is 31.2 Å². The van der Waals surface area contributed by atoms with Crippen molar-refractivity contribution < 1.29 is 9.53 Å². The molecule has 0 aromatic carbocycles. The molecule has 1 aromatic rings. The first-order valence-electron chi connectivity index (χ1n) is 5.85. The van der Waals surface area contributed by atoms with Crippen molar-refractivity contribution in [2.24, 2.45) is 0 Å². The van der Waals surface area contributed by atoms with Crippen LogP contribution in [0.2, 0.25) is 0 Å². The maximum absolute atomic E-state index is 10.3. The summed E-state index contributed by atoms with van der Waals surface area (Å²) in [5, 5.41) is 7.39. The molecule has 2 rings (SSSR count). The summed E-state index contributed by atoms with van der Waals surface area (Å²) in [6.45, 7) is 4.82. The van der Waals surface area contributed by atoms with Crippen molar-refractivity contribution in [3.63, 3.8) is 0 Å². The van der Waals surface area contributed by atoms with E-state index in [9.17, 15) is 4.79 Å². The van der Waals surface area contributed by atoms with Crippen LogP contribution in [-0.2, 0) is 9.53 Å². The van der Waals surface area contributed by atoms with Gasteiger partial charge in [0.2, 0.25) is 0 Å². The van der Waals surface area contributed by atoms with Crippen LogP contribution in [-0.4, -0.2) is 22.8 Å². The standard InChI is InChI=1S/C12H18N2O2/c1-8(2)11-6-12(14-13-11)9-3-4-10(5-9)16-7-15/h6-10H,3-5H2,1-2H3,(H,13,14). The van der Waals surface area contributed by atoms with Crippen LogP contribution in [0.3, 0.4) is 0 Å². The molecule has 0 aliphatic heterocycles. The van der Waals surface area contributed by atoms with E-state index in [0.29, 0.717) is 18.3 Å². The second-order valence-electron chi connectivity index (χ2n) is 4.77. The van der Waals surface area contributed by atoms with Gasteiger partial charge in [0.1, 0.15) is 6.10 Å². The molecule has 88 valence electrons. The Hall–Kier alpha value is -1.32. The number of hydrogen-bond acceptors (Lipinski definition) is 3. The number of ether oxygens (including phenoxy) is 1. The van der Waals surface area contributed by atoms with Crippen molar-refractivity contribution in [2.75, 3.05) is 0 Å². The maximum atomic E-state index is 10.3. The lowest BCUT2D eigenvalue weighted by Gasteiger charge is -2.07. The number of carbonyl (C=O) groups is 1. The molecule has 0 spiro atoms. The minimum absolute atomic E-state index is 0.0910. The number of aromatic amines is 1. The molecule has 4 nitrogen and oxygen atoms in total. The first-order valence-corrected chi connectivity index (χ1v) is 5.85. The largest absolute Gasteiger partial charge is 0.465 e.